The molecule has 93 heavy (non-hydrogen) atoms. The van der Waals surface area contributed by atoms with Crippen LogP contribution in [0.5, 0.6) is 23.0 Å². The minimum absolute atomic E-state index is 0.0496. The number of aromatic hydroxyl groups is 2. The molecule has 4 heterocycles. The van der Waals surface area contributed by atoms with Crippen molar-refractivity contribution in [2.24, 2.45) is 5.41 Å². The maximum Gasteiger partial charge on any atom is 0.340 e. The second-order valence-electron chi connectivity index (χ2n) is 25.9. The van der Waals surface area contributed by atoms with E-state index in [1.807, 2.05) is 96.1 Å². The lowest BCUT2D eigenvalue weighted by molar-refractivity contribution is -0.142. The molecule has 4 aliphatic rings. The number of hydrogen-bond donors (Lipinski definition) is 8. The van der Waals surface area contributed by atoms with Gasteiger partial charge in [0.05, 0.1) is 17.6 Å². The number of carbonyl (C=O) groups is 7. The number of anilines is 1. The smallest absolute Gasteiger partial charge is 0.340 e. The highest BCUT2D eigenvalue weighted by atomic mass is 32.1. The van der Waals surface area contributed by atoms with Gasteiger partial charge in [-0.1, -0.05) is 87.5 Å². The number of esters is 1. The van der Waals surface area contributed by atoms with Gasteiger partial charge in [-0.3, -0.25) is 28.8 Å². The van der Waals surface area contributed by atoms with Crippen molar-refractivity contribution in [2.45, 2.75) is 147 Å². The van der Waals surface area contributed by atoms with Crippen LogP contribution in [0.15, 0.2) is 115 Å². The molecule has 21 nitrogen and oxygen atoms in total. The normalized spacial score (nSPS) is 17.3. The van der Waals surface area contributed by atoms with Crippen LogP contribution in [0.4, 0.5) is 5.69 Å². The van der Waals surface area contributed by atoms with E-state index in [0.29, 0.717) is 107 Å². The first kappa shape index (κ1) is 68.8. The van der Waals surface area contributed by atoms with Gasteiger partial charge in [0.1, 0.15) is 35.1 Å². The van der Waals surface area contributed by atoms with Crippen molar-refractivity contribution in [1.82, 2.24) is 46.2 Å². The molecule has 6 amide bonds. The second kappa shape index (κ2) is 30.9. The fraction of sp³-hybridized carbons (Fsp3) is 0.465. The van der Waals surface area contributed by atoms with Crippen LogP contribution in [0.2, 0.25) is 0 Å². The van der Waals surface area contributed by atoms with E-state index in [2.05, 4.69) is 31.9 Å². The number of thiocarbonyl (C=S) groups is 1. The molecule has 0 saturated carbocycles. The highest BCUT2D eigenvalue weighted by molar-refractivity contribution is 7.80. The van der Waals surface area contributed by atoms with E-state index in [9.17, 15) is 43.8 Å². The summed E-state index contributed by atoms with van der Waals surface area (Å²) in [5.74, 6) is -1.42. The molecule has 9 rings (SSSR count). The molecule has 5 aromatic carbocycles. The maximum atomic E-state index is 14.9. The molecule has 0 radical (unpaired) electrons. The van der Waals surface area contributed by atoms with Gasteiger partial charge in [0.2, 0.25) is 35.4 Å². The first-order chi connectivity index (χ1) is 44.6. The average Bonchev–Trinajstić information content (AvgIpc) is 1.62. The molecule has 8 N–H and O–H groups in total. The molecule has 2 saturated heterocycles. The van der Waals surface area contributed by atoms with Crippen LogP contribution in [-0.2, 0) is 51.9 Å². The number of fused-ring (bicyclic) bond motifs is 6. The van der Waals surface area contributed by atoms with E-state index in [-0.39, 0.29) is 107 Å². The van der Waals surface area contributed by atoms with E-state index in [0.717, 1.165) is 17.5 Å². The summed E-state index contributed by atoms with van der Waals surface area (Å²) >= 11 is 5.73. The zero-order valence-corrected chi connectivity index (χ0v) is 55.2. The van der Waals surface area contributed by atoms with Gasteiger partial charge < -0.3 is 71.2 Å². The second-order valence-corrected chi connectivity index (χ2v) is 26.3. The fourth-order valence-corrected chi connectivity index (χ4v) is 13.1. The van der Waals surface area contributed by atoms with Gasteiger partial charge in [0.15, 0.2) is 10.7 Å². The number of likely N-dealkylation sites (tertiary alicyclic amines) is 2. The van der Waals surface area contributed by atoms with Crippen LogP contribution >= 0.6 is 12.2 Å². The summed E-state index contributed by atoms with van der Waals surface area (Å²) in [6.45, 7) is 12.0. The highest BCUT2D eigenvalue weighted by Gasteiger charge is 2.54. The molecule has 5 aromatic rings. The minimum Gasteiger partial charge on any atom is -0.508 e. The van der Waals surface area contributed by atoms with Crippen LogP contribution in [0, 0.1) is 5.41 Å². The number of nitrogens with zero attached hydrogens (tertiary/aromatic N) is 4. The Labute approximate surface area is 550 Å². The third-order valence-corrected chi connectivity index (χ3v) is 18.6. The average molecular weight is 1290 g/mol. The minimum atomic E-state index is -1.43. The predicted molar refractivity (Wildman–Crippen MR) is 359 cm³/mol. The van der Waals surface area contributed by atoms with Crippen molar-refractivity contribution in [2.75, 3.05) is 65.2 Å². The number of amides is 6. The molecule has 0 aromatic heterocycles. The number of carbonyl (C=O) groups excluding carboxylic acids is 7. The Kier molecular flexibility index (Phi) is 22.8. The Morgan fingerprint density at radius 1 is 0.667 bits per heavy atom. The first-order valence-corrected chi connectivity index (χ1v) is 33.0. The molecule has 22 heteroatoms. The molecular weight excluding hydrogens is 1200 g/mol. The summed E-state index contributed by atoms with van der Waals surface area (Å²) in [5, 5.41) is 39.2. The number of phenolic OH excluding ortho intramolecular Hbond substituents is 2. The van der Waals surface area contributed by atoms with Gasteiger partial charge in [-0.25, -0.2) is 4.79 Å². The Morgan fingerprint density at radius 2 is 1.17 bits per heavy atom. The van der Waals surface area contributed by atoms with Crippen LogP contribution < -0.4 is 36.6 Å². The first-order valence-electron chi connectivity index (χ1n) is 32.6. The Bertz CT molecular complexity index is 3460. The highest BCUT2D eigenvalue weighted by Crippen LogP contribution is 2.57. The van der Waals surface area contributed by atoms with Crippen molar-refractivity contribution in [3.63, 3.8) is 0 Å². The molecule has 4 aliphatic heterocycles. The summed E-state index contributed by atoms with van der Waals surface area (Å²) in [7, 11) is 3.37. The molecule has 1 spiro atoms. The predicted octanol–water partition coefficient (Wildman–Crippen LogP) is 7.26. The zero-order chi connectivity index (χ0) is 66.6. The van der Waals surface area contributed by atoms with Crippen molar-refractivity contribution in [1.29, 1.82) is 0 Å². The van der Waals surface area contributed by atoms with Gasteiger partial charge in [-0.15, -0.1) is 0 Å². The van der Waals surface area contributed by atoms with Crippen LogP contribution in [0.1, 0.15) is 131 Å². The topological polar surface area (TPSA) is 264 Å². The van der Waals surface area contributed by atoms with Gasteiger partial charge >= 0.3 is 5.97 Å². The molecule has 496 valence electrons. The van der Waals surface area contributed by atoms with E-state index in [1.54, 1.807) is 63.2 Å². The van der Waals surface area contributed by atoms with E-state index < -0.39 is 41.2 Å². The van der Waals surface area contributed by atoms with Crippen molar-refractivity contribution >= 4 is 64.4 Å². The largest absolute Gasteiger partial charge is 0.508 e. The third-order valence-electron chi connectivity index (χ3n) is 18.3. The Morgan fingerprint density at radius 3 is 1.69 bits per heavy atom. The lowest BCUT2D eigenvalue weighted by atomic mass is 9.77. The molecule has 2 fully saturated rings. The molecular formula is C71H90N10O11S. The van der Waals surface area contributed by atoms with Gasteiger partial charge in [-0.05, 0) is 151 Å². The zero-order valence-electron chi connectivity index (χ0n) is 54.4. The van der Waals surface area contributed by atoms with Crippen molar-refractivity contribution in [3.8, 4) is 23.0 Å². The van der Waals surface area contributed by atoms with E-state index >= 15 is 0 Å². The molecule has 6 unspecified atom stereocenters. The summed E-state index contributed by atoms with van der Waals surface area (Å²) in [6.07, 6.45) is 5.19. The number of hydrogen-bond acceptors (Lipinski definition) is 14. The van der Waals surface area contributed by atoms with Gasteiger partial charge in [0, 0.05) is 105 Å². The van der Waals surface area contributed by atoms with Crippen molar-refractivity contribution in [3.05, 3.63) is 149 Å². The van der Waals surface area contributed by atoms with Gasteiger partial charge in [0.25, 0.3) is 0 Å². The van der Waals surface area contributed by atoms with E-state index in [1.165, 1.54) is 24.3 Å². The van der Waals surface area contributed by atoms with Crippen LogP contribution in [0.3, 0.4) is 0 Å². The maximum absolute atomic E-state index is 14.9. The summed E-state index contributed by atoms with van der Waals surface area (Å²) in [4.78, 5) is 106. The molecule has 6 atom stereocenters. The number of phenols is 2. The summed E-state index contributed by atoms with van der Waals surface area (Å²) < 4.78 is 12.3. The fourth-order valence-electron chi connectivity index (χ4n) is 12.9. The van der Waals surface area contributed by atoms with Crippen molar-refractivity contribution < 1.29 is 53.2 Å². The lowest BCUT2D eigenvalue weighted by Crippen LogP contribution is -2.59. The number of nitrogens with one attached hydrogen (secondary N) is 6. The Balaban J connectivity index is 0.837. The van der Waals surface area contributed by atoms with Crippen LogP contribution in [-0.4, -0.2) is 172 Å². The standard InChI is InChI=1S/C71H90N10O11S/c1-45(72-6)64(86)76-58(24-15-35-74-69(93)75-49-27-30-55-54(40-49)68(90)92-71(55)56-31-28-52(82)41-59(56)91-60-42-53(83)29-32-57(60)71)66(88)80-36-16-22-50(80)43-78(38-33-47-18-10-8-11-19-47)61(84)25-14-26-62(85)79(39-34-48-20-12-9-13-21-48)44-51-23-17-37-81(51)67(89)63(70(3,4)5)77-65(87)46(2)73-7/h8-13,18-21,27-32,40-42,45-46,50-51,58,63,72-73,82-83H,14-17,22-26,33-39,43-44H2,1-7H3,(H,76,86)(H,77,87)(H2,74,75,93). The third kappa shape index (κ3) is 16.6. The number of ether oxygens (including phenoxy) is 2. The molecule has 0 bridgehead atoms. The lowest BCUT2D eigenvalue weighted by Gasteiger charge is -2.37. The van der Waals surface area contributed by atoms with E-state index in [4.69, 9.17) is 21.7 Å². The summed E-state index contributed by atoms with van der Waals surface area (Å²) in [5.41, 5.74) is 2.44. The molecule has 0 aliphatic carbocycles. The quantitative estimate of drug-likeness (QED) is 0.0146. The Hall–Kier alpha value is -8.60. The summed E-state index contributed by atoms with van der Waals surface area (Å²) in [6, 6.07) is 30.8. The number of benzene rings is 5. The van der Waals surface area contributed by atoms with Crippen LogP contribution in [0.25, 0.3) is 0 Å². The number of rotatable bonds is 27. The van der Waals surface area contributed by atoms with Gasteiger partial charge in [-0.2, -0.15) is 0 Å². The monoisotopic (exact) mass is 1290 g/mol. The SMILES string of the molecule is CNC(C)C(=O)NC(CCCNC(=S)Nc1ccc2c(c1)C(=O)OC21c2ccc(O)cc2Oc2cc(O)ccc21)C(=O)N1CCCC1CN(CCc1ccccc1)C(=O)CCCC(=O)N(CCc1ccccc1)CC1CCCN1C(=O)C(NC(=O)C(C)NC)C(C)(C)C. The number of likely N-dealkylation sites (N-methyl/N-ethyl adjacent to an activating group) is 2.